The van der Waals surface area contributed by atoms with Crippen LogP contribution in [-0.2, 0) is 4.79 Å². The molecule has 0 radical (unpaired) electrons. The quantitative estimate of drug-likeness (QED) is 0.864. The van der Waals surface area contributed by atoms with Crippen molar-refractivity contribution in [3.05, 3.63) is 30.1 Å². The normalized spacial score (nSPS) is 17.3. The molecule has 1 saturated heterocycles. The standard InChI is InChI=1S/C17H24FN3O3/c1-3-12(2)15(16(22)23)19-17(24)21-10-8-20(9-11-21)14-6-4-13(18)5-7-14/h4-7,12,15H,3,8-11H2,1-2H3,(H,19,24)(H,22,23)/p-1/t12-,15+/m1/s1. The van der Waals surface area contributed by atoms with E-state index in [2.05, 4.69) is 10.2 Å². The first-order valence-corrected chi connectivity index (χ1v) is 8.19. The summed E-state index contributed by atoms with van der Waals surface area (Å²) in [6, 6.07) is 4.86. The maximum Gasteiger partial charge on any atom is 0.318 e. The van der Waals surface area contributed by atoms with Crippen LogP contribution in [0, 0.1) is 11.7 Å². The molecule has 0 unspecified atom stereocenters. The van der Waals surface area contributed by atoms with Crippen molar-refractivity contribution in [2.24, 2.45) is 5.92 Å². The Hall–Kier alpha value is -2.31. The van der Waals surface area contributed by atoms with Crippen molar-refractivity contribution >= 4 is 17.7 Å². The van der Waals surface area contributed by atoms with E-state index in [4.69, 9.17) is 0 Å². The van der Waals surface area contributed by atoms with E-state index >= 15 is 0 Å². The third-order valence-electron chi connectivity index (χ3n) is 4.50. The number of urea groups is 1. The van der Waals surface area contributed by atoms with Crippen LogP contribution in [0.4, 0.5) is 14.9 Å². The molecule has 1 N–H and O–H groups in total. The molecule has 2 rings (SSSR count). The fourth-order valence-electron chi connectivity index (χ4n) is 2.71. The number of hydrogen-bond donors (Lipinski definition) is 1. The fourth-order valence-corrected chi connectivity index (χ4v) is 2.71. The van der Waals surface area contributed by atoms with Gasteiger partial charge in [-0.05, 0) is 30.2 Å². The molecule has 6 nitrogen and oxygen atoms in total. The zero-order chi connectivity index (χ0) is 17.7. The summed E-state index contributed by atoms with van der Waals surface area (Å²) in [6.45, 7) is 5.81. The van der Waals surface area contributed by atoms with Crippen LogP contribution >= 0.6 is 0 Å². The highest BCUT2D eigenvalue weighted by Crippen LogP contribution is 2.17. The molecule has 1 aromatic rings. The van der Waals surface area contributed by atoms with Gasteiger partial charge in [0.1, 0.15) is 5.82 Å². The summed E-state index contributed by atoms with van der Waals surface area (Å²) in [5.41, 5.74) is 0.906. The molecule has 0 aliphatic carbocycles. The molecular weight excluding hydrogens is 313 g/mol. The first kappa shape index (κ1) is 18.0. The van der Waals surface area contributed by atoms with E-state index in [9.17, 15) is 19.1 Å². The van der Waals surface area contributed by atoms with Crippen molar-refractivity contribution in [3.8, 4) is 0 Å². The number of hydrogen-bond acceptors (Lipinski definition) is 4. The van der Waals surface area contributed by atoms with Gasteiger partial charge in [0.15, 0.2) is 0 Å². The van der Waals surface area contributed by atoms with Crippen molar-refractivity contribution < 1.29 is 19.1 Å². The minimum absolute atomic E-state index is 0.195. The number of amides is 2. The van der Waals surface area contributed by atoms with Crippen molar-refractivity contribution in [2.75, 3.05) is 31.1 Å². The predicted octanol–water partition coefficient (Wildman–Crippen LogP) is 0.822. The molecule has 7 heteroatoms. The highest BCUT2D eigenvalue weighted by Gasteiger charge is 2.25. The zero-order valence-corrected chi connectivity index (χ0v) is 14.0. The Kier molecular flexibility index (Phi) is 6.00. The van der Waals surface area contributed by atoms with E-state index in [1.54, 1.807) is 24.0 Å². The number of carboxylic acid groups (broad SMARTS) is 1. The lowest BCUT2D eigenvalue weighted by Gasteiger charge is -2.37. The van der Waals surface area contributed by atoms with Crippen LogP contribution in [0.15, 0.2) is 24.3 Å². The molecule has 2 amide bonds. The number of rotatable bonds is 5. The molecule has 24 heavy (non-hydrogen) atoms. The first-order valence-electron chi connectivity index (χ1n) is 8.19. The average Bonchev–Trinajstić information content (AvgIpc) is 2.59. The number of carboxylic acids is 1. The van der Waals surface area contributed by atoms with E-state index in [-0.39, 0.29) is 17.8 Å². The first-order chi connectivity index (χ1) is 11.4. The molecule has 1 aliphatic heterocycles. The second kappa shape index (κ2) is 7.99. The summed E-state index contributed by atoms with van der Waals surface area (Å²) in [5.74, 6) is -1.74. The molecule has 132 valence electrons. The predicted molar refractivity (Wildman–Crippen MR) is 87.0 cm³/mol. The second-order valence-electron chi connectivity index (χ2n) is 6.08. The van der Waals surface area contributed by atoms with Crippen LogP contribution in [0.1, 0.15) is 20.3 Å². The number of nitrogens with one attached hydrogen (secondary N) is 1. The molecule has 0 saturated carbocycles. The molecule has 0 spiro atoms. The Morgan fingerprint density at radius 3 is 2.29 bits per heavy atom. The molecule has 1 aliphatic rings. The number of halogens is 1. The summed E-state index contributed by atoms with van der Waals surface area (Å²) < 4.78 is 13.0. The number of piperazine rings is 1. The fraction of sp³-hybridized carbons (Fsp3) is 0.529. The van der Waals surface area contributed by atoms with Crippen LogP contribution in [0.25, 0.3) is 0 Å². The van der Waals surface area contributed by atoms with Gasteiger partial charge in [0, 0.05) is 31.9 Å². The van der Waals surface area contributed by atoms with Gasteiger partial charge in [-0.15, -0.1) is 0 Å². The monoisotopic (exact) mass is 336 g/mol. The van der Waals surface area contributed by atoms with Crippen LogP contribution in [0.5, 0.6) is 0 Å². The molecule has 0 bridgehead atoms. The van der Waals surface area contributed by atoms with Gasteiger partial charge in [-0.2, -0.15) is 0 Å². The van der Waals surface area contributed by atoms with Crippen LogP contribution in [0.3, 0.4) is 0 Å². The Labute approximate surface area is 141 Å². The van der Waals surface area contributed by atoms with Crippen molar-refractivity contribution in [2.45, 2.75) is 26.3 Å². The van der Waals surface area contributed by atoms with Gasteiger partial charge >= 0.3 is 6.03 Å². The topological polar surface area (TPSA) is 75.7 Å². The smallest absolute Gasteiger partial charge is 0.318 e. The minimum Gasteiger partial charge on any atom is -0.548 e. The van der Waals surface area contributed by atoms with Crippen molar-refractivity contribution in [1.82, 2.24) is 10.2 Å². The Morgan fingerprint density at radius 2 is 1.79 bits per heavy atom. The third kappa shape index (κ3) is 4.37. The van der Waals surface area contributed by atoms with Gasteiger partial charge in [0.05, 0.1) is 12.0 Å². The van der Waals surface area contributed by atoms with Gasteiger partial charge < -0.3 is 25.0 Å². The second-order valence-corrected chi connectivity index (χ2v) is 6.08. The lowest BCUT2D eigenvalue weighted by atomic mass is 9.99. The summed E-state index contributed by atoms with van der Waals surface area (Å²) in [5, 5.41) is 13.8. The SMILES string of the molecule is CC[C@@H](C)[C@H](NC(=O)N1CCN(c2ccc(F)cc2)CC1)C(=O)[O-]. The number of carbonyl (C=O) groups is 2. The van der Waals surface area contributed by atoms with Gasteiger partial charge in [-0.1, -0.05) is 20.3 Å². The molecule has 1 aromatic carbocycles. The van der Waals surface area contributed by atoms with Crippen molar-refractivity contribution in [3.63, 3.8) is 0 Å². The van der Waals surface area contributed by atoms with Crippen LogP contribution in [0.2, 0.25) is 0 Å². The van der Waals surface area contributed by atoms with Gasteiger partial charge in [-0.25, -0.2) is 9.18 Å². The molecule has 1 heterocycles. The van der Waals surface area contributed by atoms with Gasteiger partial charge in [-0.3, -0.25) is 0 Å². The van der Waals surface area contributed by atoms with Crippen LogP contribution < -0.4 is 15.3 Å². The number of benzene rings is 1. The van der Waals surface area contributed by atoms with E-state index in [1.165, 1.54) is 12.1 Å². The number of aliphatic carboxylic acids is 1. The third-order valence-corrected chi connectivity index (χ3v) is 4.50. The largest absolute Gasteiger partial charge is 0.548 e. The highest BCUT2D eigenvalue weighted by molar-refractivity contribution is 5.82. The lowest BCUT2D eigenvalue weighted by molar-refractivity contribution is -0.309. The summed E-state index contributed by atoms with van der Waals surface area (Å²) >= 11 is 0. The van der Waals surface area contributed by atoms with Crippen LogP contribution in [-0.4, -0.2) is 49.1 Å². The number of carbonyl (C=O) groups excluding carboxylic acids is 2. The molecular formula is C17H23FN3O3-. The number of anilines is 1. The molecule has 0 aromatic heterocycles. The summed E-state index contributed by atoms with van der Waals surface area (Å²) in [6.07, 6.45) is 0.636. The maximum absolute atomic E-state index is 13.0. The number of nitrogens with zero attached hydrogens (tertiary/aromatic N) is 2. The Bertz CT molecular complexity index is 571. The highest BCUT2D eigenvalue weighted by atomic mass is 19.1. The summed E-state index contributed by atoms with van der Waals surface area (Å²) in [4.78, 5) is 27.1. The van der Waals surface area contributed by atoms with E-state index < -0.39 is 12.0 Å². The average molecular weight is 336 g/mol. The van der Waals surface area contributed by atoms with Gasteiger partial charge in [0.2, 0.25) is 0 Å². The van der Waals surface area contributed by atoms with E-state index in [0.29, 0.717) is 32.6 Å². The Morgan fingerprint density at radius 1 is 1.21 bits per heavy atom. The Balaban J connectivity index is 1.90. The van der Waals surface area contributed by atoms with E-state index in [1.807, 2.05) is 6.92 Å². The van der Waals surface area contributed by atoms with E-state index in [0.717, 1.165) is 5.69 Å². The van der Waals surface area contributed by atoms with Crippen molar-refractivity contribution in [1.29, 1.82) is 0 Å². The lowest BCUT2D eigenvalue weighted by Crippen LogP contribution is -2.58. The maximum atomic E-state index is 13.0. The summed E-state index contributed by atoms with van der Waals surface area (Å²) in [7, 11) is 0. The minimum atomic E-state index is -1.26. The van der Waals surface area contributed by atoms with Gasteiger partial charge in [0.25, 0.3) is 0 Å². The molecule has 2 atom stereocenters. The molecule has 1 fully saturated rings. The zero-order valence-electron chi connectivity index (χ0n) is 14.0.